The number of fused-ring (bicyclic) bond motifs is 1. The maximum atomic E-state index is 5.51. The minimum Gasteiger partial charge on any atom is -0.497 e. The Kier molecular flexibility index (Phi) is 5.72. The fourth-order valence-electron chi connectivity index (χ4n) is 3.00. The van der Waals surface area contributed by atoms with E-state index in [1.54, 1.807) is 18.4 Å². The largest absolute Gasteiger partial charge is 0.497 e. The molecule has 1 aliphatic rings. The zero-order valence-electron chi connectivity index (χ0n) is 17.2. The molecule has 7 heteroatoms. The molecule has 0 fully saturated rings. The monoisotopic (exact) mass is 421 g/mol. The van der Waals surface area contributed by atoms with Gasteiger partial charge >= 0.3 is 0 Å². The first-order valence-corrected chi connectivity index (χ1v) is 10.4. The molecule has 154 valence electrons. The average Bonchev–Trinajstić information content (AvgIpc) is 3.38. The number of aromatic nitrogens is 1. The van der Waals surface area contributed by atoms with Crippen molar-refractivity contribution in [2.45, 2.75) is 13.8 Å². The molecule has 4 rings (SSSR count). The predicted octanol–water partition coefficient (Wildman–Crippen LogP) is 4.70. The van der Waals surface area contributed by atoms with Crippen LogP contribution in [0.5, 0.6) is 17.2 Å². The van der Waals surface area contributed by atoms with Crippen molar-refractivity contribution in [1.29, 1.82) is 0 Å². The van der Waals surface area contributed by atoms with Gasteiger partial charge in [0.05, 0.1) is 25.1 Å². The lowest BCUT2D eigenvalue weighted by atomic mass is 10.1. The van der Waals surface area contributed by atoms with Crippen LogP contribution >= 0.6 is 11.3 Å². The van der Waals surface area contributed by atoms with E-state index in [1.165, 1.54) is 0 Å². The van der Waals surface area contributed by atoms with Crippen molar-refractivity contribution in [3.8, 4) is 28.5 Å². The third-order valence-electron chi connectivity index (χ3n) is 4.60. The lowest BCUT2D eigenvalue weighted by molar-refractivity contribution is 0.174. The molecule has 2 aromatic carbocycles. The molecule has 0 unspecified atom stereocenters. The zero-order valence-corrected chi connectivity index (χ0v) is 18.0. The molecule has 3 aromatic rings. The van der Waals surface area contributed by atoms with Gasteiger partial charge < -0.3 is 14.2 Å². The number of ether oxygens (including phenoxy) is 3. The maximum Gasteiger partial charge on any atom is 0.231 e. The number of rotatable bonds is 6. The van der Waals surface area contributed by atoms with Crippen LogP contribution in [-0.4, -0.2) is 30.8 Å². The minimum absolute atomic E-state index is 0.250. The summed E-state index contributed by atoms with van der Waals surface area (Å²) in [5.74, 6) is 2.30. The first-order chi connectivity index (χ1) is 14.5. The Labute approximate surface area is 179 Å². The van der Waals surface area contributed by atoms with Crippen molar-refractivity contribution in [2.75, 3.05) is 20.4 Å². The zero-order chi connectivity index (χ0) is 21.1. The standard InChI is InChI=1S/C23H23N3O3S/c1-15(2)12-24-23-26(20(13-30-23)17-5-8-19(27-4)9-6-17)25-16(3)18-7-10-21-22(11-18)29-14-28-21/h5-11,13H,1,12,14H2,2-4H3. The fourth-order valence-corrected chi connectivity index (χ4v) is 3.83. The van der Waals surface area contributed by atoms with Crippen LogP contribution in [0, 0.1) is 0 Å². The van der Waals surface area contributed by atoms with Gasteiger partial charge in [0.25, 0.3) is 0 Å². The van der Waals surface area contributed by atoms with E-state index in [0.717, 1.165) is 50.2 Å². The van der Waals surface area contributed by atoms with E-state index < -0.39 is 0 Å². The smallest absolute Gasteiger partial charge is 0.231 e. The summed E-state index contributed by atoms with van der Waals surface area (Å²) in [7, 11) is 1.66. The summed E-state index contributed by atoms with van der Waals surface area (Å²) in [6.07, 6.45) is 0. The van der Waals surface area contributed by atoms with Gasteiger partial charge in [0, 0.05) is 16.5 Å². The Morgan fingerprint density at radius 2 is 1.90 bits per heavy atom. The van der Waals surface area contributed by atoms with Crippen molar-refractivity contribution >= 4 is 17.0 Å². The number of hydrogen-bond acceptors (Lipinski definition) is 6. The van der Waals surface area contributed by atoms with Gasteiger partial charge in [-0.15, -0.1) is 11.3 Å². The normalized spacial score (nSPS) is 13.6. The van der Waals surface area contributed by atoms with Gasteiger partial charge in [-0.2, -0.15) is 5.10 Å². The van der Waals surface area contributed by atoms with Crippen molar-refractivity contribution in [3.63, 3.8) is 0 Å². The fraction of sp³-hybridized carbons (Fsp3) is 0.217. The lowest BCUT2D eigenvalue weighted by Crippen LogP contribution is -2.15. The summed E-state index contributed by atoms with van der Waals surface area (Å²) in [5.41, 5.74) is 4.80. The third kappa shape index (κ3) is 4.16. The maximum absolute atomic E-state index is 5.51. The Hall–Kier alpha value is -3.32. The van der Waals surface area contributed by atoms with E-state index in [4.69, 9.17) is 24.3 Å². The van der Waals surface area contributed by atoms with E-state index in [1.807, 2.05) is 61.0 Å². The van der Waals surface area contributed by atoms with E-state index in [2.05, 4.69) is 12.0 Å². The molecule has 30 heavy (non-hydrogen) atoms. The predicted molar refractivity (Wildman–Crippen MR) is 120 cm³/mol. The van der Waals surface area contributed by atoms with Crippen LogP contribution < -0.4 is 19.0 Å². The van der Waals surface area contributed by atoms with Gasteiger partial charge in [0.2, 0.25) is 11.6 Å². The third-order valence-corrected chi connectivity index (χ3v) is 5.45. The Bertz CT molecular complexity index is 1170. The molecule has 2 heterocycles. The molecule has 1 aromatic heterocycles. The quantitative estimate of drug-likeness (QED) is 0.428. The van der Waals surface area contributed by atoms with Gasteiger partial charge in [-0.1, -0.05) is 12.2 Å². The van der Waals surface area contributed by atoms with Gasteiger partial charge in [-0.3, -0.25) is 4.99 Å². The van der Waals surface area contributed by atoms with Crippen molar-refractivity contribution in [2.24, 2.45) is 10.1 Å². The van der Waals surface area contributed by atoms with E-state index in [0.29, 0.717) is 6.54 Å². The average molecular weight is 422 g/mol. The van der Waals surface area contributed by atoms with Crippen LogP contribution in [0.3, 0.4) is 0 Å². The number of hydrogen-bond donors (Lipinski definition) is 0. The number of benzene rings is 2. The van der Waals surface area contributed by atoms with Gasteiger partial charge in [0.1, 0.15) is 5.75 Å². The second-order valence-electron chi connectivity index (χ2n) is 6.97. The number of methoxy groups -OCH3 is 1. The van der Waals surface area contributed by atoms with Gasteiger partial charge in [-0.25, -0.2) is 4.68 Å². The lowest BCUT2D eigenvalue weighted by Gasteiger charge is -2.08. The van der Waals surface area contributed by atoms with Crippen LogP contribution in [0.25, 0.3) is 11.3 Å². The van der Waals surface area contributed by atoms with Crippen LogP contribution in [-0.2, 0) is 0 Å². The molecule has 0 bridgehead atoms. The molecule has 0 amide bonds. The topological polar surface area (TPSA) is 57.3 Å². The molecular formula is C23H23N3O3S. The summed E-state index contributed by atoms with van der Waals surface area (Å²) < 4.78 is 18.1. The molecular weight excluding hydrogens is 398 g/mol. The van der Waals surface area contributed by atoms with Gasteiger partial charge in [0.15, 0.2) is 11.5 Å². The highest BCUT2D eigenvalue weighted by atomic mass is 32.1. The summed E-state index contributed by atoms with van der Waals surface area (Å²) in [4.78, 5) is 5.50. The van der Waals surface area contributed by atoms with E-state index in [9.17, 15) is 0 Å². The summed E-state index contributed by atoms with van der Waals surface area (Å²) in [6, 6.07) is 13.8. The molecule has 0 spiro atoms. The Morgan fingerprint density at radius 3 is 2.63 bits per heavy atom. The highest BCUT2D eigenvalue weighted by molar-refractivity contribution is 7.07. The summed E-state index contributed by atoms with van der Waals surface area (Å²) in [6.45, 7) is 8.70. The van der Waals surface area contributed by atoms with Crippen molar-refractivity contribution < 1.29 is 14.2 Å². The molecule has 0 saturated heterocycles. The molecule has 0 radical (unpaired) electrons. The van der Waals surface area contributed by atoms with Crippen LogP contribution in [0.15, 0.2) is 70.1 Å². The van der Waals surface area contributed by atoms with Crippen molar-refractivity contribution in [1.82, 2.24) is 4.68 Å². The van der Waals surface area contributed by atoms with Crippen LogP contribution in [0.1, 0.15) is 19.4 Å². The second kappa shape index (κ2) is 8.59. The molecule has 1 aliphatic heterocycles. The molecule has 0 atom stereocenters. The molecule has 0 saturated carbocycles. The number of nitrogens with zero attached hydrogens (tertiary/aromatic N) is 3. The Balaban J connectivity index is 1.79. The van der Waals surface area contributed by atoms with Crippen LogP contribution in [0.4, 0.5) is 0 Å². The molecule has 6 nitrogen and oxygen atoms in total. The second-order valence-corrected chi connectivity index (χ2v) is 7.81. The Morgan fingerprint density at radius 1 is 1.13 bits per heavy atom. The molecule has 0 N–H and O–H groups in total. The number of thiazole rings is 1. The SMILES string of the molecule is C=C(C)CN=c1scc(-c2ccc(OC)cc2)n1N=C(C)c1ccc2c(c1)OCO2. The van der Waals surface area contributed by atoms with Crippen LogP contribution in [0.2, 0.25) is 0 Å². The summed E-state index contributed by atoms with van der Waals surface area (Å²) in [5, 5.41) is 6.97. The first-order valence-electron chi connectivity index (χ1n) is 9.50. The van der Waals surface area contributed by atoms with E-state index >= 15 is 0 Å². The highest BCUT2D eigenvalue weighted by Gasteiger charge is 2.15. The first kappa shape index (κ1) is 20.0. The summed E-state index contributed by atoms with van der Waals surface area (Å²) >= 11 is 1.55. The van der Waals surface area contributed by atoms with Crippen molar-refractivity contribution in [3.05, 3.63) is 70.4 Å². The van der Waals surface area contributed by atoms with Gasteiger partial charge in [-0.05, 0) is 56.3 Å². The van der Waals surface area contributed by atoms with E-state index in [-0.39, 0.29) is 6.79 Å². The minimum atomic E-state index is 0.250. The highest BCUT2D eigenvalue weighted by Crippen LogP contribution is 2.32. The molecule has 0 aliphatic carbocycles.